The number of carboxylic acid groups (broad SMARTS) is 1. The van der Waals surface area contributed by atoms with Gasteiger partial charge < -0.3 is 15.2 Å². The quantitative estimate of drug-likeness (QED) is 0.591. The predicted molar refractivity (Wildman–Crippen MR) is 57.3 cm³/mol. The van der Waals surface area contributed by atoms with Gasteiger partial charge in [-0.05, 0) is 6.42 Å². The van der Waals surface area contributed by atoms with Crippen LogP contribution in [0.1, 0.15) is 13.3 Å². The van der Waals surface area contributed by atoms with Crippen LogP contribution in [0, 0.1) is 0 Å². The van der Waals surface area contributed by atoms with Gasteiger partial charge in [-0.1, -0.05) is 0 Å². The number of likely N-dealkylation sites (tertiary alicyclic amines) is 1. The van der Waals surface area contributed by atoms with Crippen molar-refractivity contribution in [1.29, 1.82) is 0 Å². The number of aliphatic carboxylic acids is 1. The predicted octanol–water partition coefficient (Wildman–Crippen LogP) is -1.18. The van der Waals surface area contributed by atoms with Gasteiger partial charge in [-0.15, -0.1) is 0 Å². The summed E-state index contributed by atoms with van der Waals surface area (Å²) >= 11 is 0. The van der Waals surface area contributed by atoms with Gasteiger partial charge in [0.25, 0.3) is 5.91 Å². The summed E-state index contributed by atoms with van der Waals surface area (Å²) in [4.78, 5) is 34.0. The molecule has 0 spiro atoms. The number of carbonyl (C=O) groups excluding carboxylic acids is 2. The summed E-state index contributed by atoms with van der Waals surface area (Å²) in [5.41, 5.74) is 0. The van der Waals surface area contributed by atoms with Gasteiger partial charge in [-0.25, -0.2) is 0 Å². The minimum atomic E-state index is -0.878. The normalized spacial score (nSPS) is 19.9. The zero-order chi connectivity index (χ0) is 12.8. The lowest BCUT2D eigenvalue weighted by molar-refractivity contribution is -0.146. The Balaban J connectivity index is 2.23. The van der Waals surface area contributed by atoms with Crippen LogP contribution in [-0.2, 0) is 19.1 Å². The lowest BCUT2D eigenvalue weighted by Crippen LogP contribution is -2.40. The van der Waals surface area contributed by atoms with Gasteiger partial charge >= 0.3 is 11.9 Å². The summed E-state index contributed by atoms with van der Waals surface area (Å²) in [7, 11) is 0. The maximum Gasteiger partial charge on any atom is 0.317 e. The van der Waals surface area contributed by atoms with Gasteiger partial charge in [0.15, 0.2) is 6.61 Å². The Morgan fingerprint density at radius 2 is 2.18 bits per heavy atom. The molecule has 2 N–H and O–H groups in total. The van der Waals surface area contributed by atoms with Crippen molar-refractivity contribution >= 4 is 17.8 Å². The highest BCUT2D eigenvalue weighted by molar-refractivity contribution is 5.80. The lowest BCUT2D eigenvalue weighted by Gasteiger charge is -2.14. The molecule has 0 unspecified atom stereocenters. The zero-order valence-electron chi connectivity index (χ0n) is 9.64. The van der Waals surface area contributed by atoms with Crippen molar-refractivity contribution < 1.29 is 24.2 Å². The molecule has 1 fully saturated rings. The maximum absolute atomic E-state index is 11.3. The number of carbonyl (C=O) groups is 3. The largest absolute Gasteiger partial charge is 0.480 e. The van der Waals surface area contributed by atoms with E-state index >= 15 is 0 Å². The summed E-state index contributed by atoms with van der Waals surface area (Å²) in [6.07, 6.45) is 0.707. The minimum Gasteiger partial charge on any atom is -0.480 e. The van der Waals surface area contributed by atoms with E-state index in [0.29, 0.717) is 19.5 Å². The monoisotopic (exact) mass is 244 g/mol. The molecular formula is C10H16N2O5. The van der Waals surface area contributed by atoms with Crippen LogP contribution in [0.2, 0.25) is 0 Å². The van der Waals surface area contributed by atoms with E-state index in [2.05, 4.69) is 10.1 Å². The van der Waals surface area contributed by atoms with Gasteiger partial charge in [-0.3, -0.25) is 19.3 Å². The number of hydrogen-bond donors (Lipinski definition) is 2. The van der Waals surface area contributed by atoms with Gasteiger partial charge in [0.1, 0.15) is 0 Å². The number of hydrogen-bond acceptors (Lipinski definition) is 5. The Morgan fingerprint density at radius 1 is 1.47 bits per heavy atom. The van der Waals surface area contributed by atoms with E-state index in [9.17, 15) is 14.4 Å². The summed E-state index contributed by atoms with van der Waals surface area (Å²) in [5.74, 6) is -1.74. The van der Waals surface area contributed by atoms with Crippen LogP contribution in [0.3, 0.4) is 0 Å². The summed E-state index contributed by atoms with van der Waals surface area (Å²) < 4.78 is 4.55. The summed E-state index contributed by atoms with van der Waals surface area (Å²) in [6.45, 7) is 2.08. The second kappa shape index (κ2) is 6.19. The van der Waals surface area contributed by atoms with Crippen LogP contribution in [0.25, 0.3) is 0 Å². The molecule has 1 heterocycles. The standard InChI is InChI=1S/C10H16N2O5/c1-7(13)17-6-9(14)11-8-2-3-12(4-8)5-10(15)16/h8H,2-6H2,1H3,(H,11,14)(H,15,16)/t8-/m0/s1. The van der Waals surface area contributed by atoms with Crippen molar-refractivity contribution in [2.45, 2.75) is 19.4 Å². The Labute approximate surface area is 98.7 Å². The topological polar surface area (TPSA) is 95.9 Å². The van der Waals surface area contributed by atoms with Gasteiger partial charge in [0, 0.05) is 26.1 Å². The number of rotatable bonds is 5. The van der Waals surface area contributed by atoms with E-state index in [1.54, 1.807) is 4.90 Å². The summed E-state index contributed by atoms with van der Waals surface area (Å²) in [5, 5.41) is 11.3. The van der Waals surface area contributed by atoms with Crippen molar-refractivity contribution in [3.8, 4) is 0 Å². The molecule has 1 saturated heterocycles. The number of ether oxygens (including phenoxy) is 1. The van der Waals surface area contributed by atoms with E-state index < -0.39 is 11.9 Å². The molecule has 0 aromatic rings. The maximum atomic E-state index is 11.3. The fourth-order valence-electron chi connectivity index (χ4n) is 1.72. The average molecular weight is 244 g/mol. The van der Waals surface area contributed by atoms with Crippen molar-refractivity contribution in [3.63, 3.8) is 0 Å². The lowest BCUT2D eigenvalue weighted by atomic mass is 10.2. The molecule has 17 heavy (non-hydrogen) atoms. The molecule has 7 nitrogen and oxygen atoms in total. The molecule has 1 rings (SSSR count). The number of esters is 1. The third-order valence-electron chi connectivity index (χ3n) is 2.40. The van der Waals surface area contributed by atoms with Crippen molar-refractivity contribution in [2.24, 2.45) is 0 Å². The van der Waals surface area contributed by atoms with Crippen molar-refractivity contribution in [1.82, 2.24) is 10.2 Å². The molecule has 7 heteroatoms. The van der Waals surface area contributed by atoms with Gasteiger partial charge in [0.05, 0.1) is 6.54 Å². The first-order chi connectivity index (χ1) is 7.97. The van der Waals surface area contributed by atoms with Gasteiger partial charge in [0.2, 0.25) is 0 Å². The van der Waals surface area contributed by atoms with Crippen LogP contribution in [0.5, 0.6) is 0 Å². The van der Waals surface area contributed by atoms with Crippen molar-refractivity contribution in [3.05, 3.63) is 0 Å². The fourth-order valence-corrected chi connectivity index (χ4v) is 1.72. The van der Waals surface area contributed by atoms with E-state index in [4.69, 9.17) is 5.11 Å². The Hall–Kier alpha value is -1.63. The van der Waals surface area contributed by atoms with Crippen LogP contribution in [0.15, 0.2) is 0 Å². The minimum absolute atomic E-state index is 0.0175. The van der Waals surface area contributed by atoms with Crippen LogP contribution in [0.4, 0.5) is 0 Å². The highest BCUT2D eigenvalue weighted by Crippen LogP contribution is 2.08. The van der Waals surface area contributed by atoms with Crippen LogP contribution in [-0.4, -0.2) is 60.1 Å². The Morgan fingerprint density at radius 3 is 2.76 bits per heavy atom. The smallest absolute Gasteiger partial charge is 0.317 e. The molecule has 1 atom stereocenters. The zero-order valence-corrected chi connectivity index (χ0v) is 9.64. The Bertz CT molecular complexity index is 318. The molecule has 0 aliphatic carbocycles. The number of nitrogens with zero attached hydrogens (tertiary/aromatic N) is 1. The van der Waals surface area contributed by atoms with Crippen LogP contribution < -0.4 is 5.32 Å². The first-order valence-electron chi connectivity index (χ1n) is 5.34. The second-order valence-electron chi connectivity index (χ2n) is 3.96. The average Bonchev–Trinajstić information content (AvgIpc) is 2.61. The molecule has 0 aromatic carbocycles. The van der Waals surface area contributed by atoms with Crippen molar-refractivity contribution in [2.75, 3.05) is 26.2 Å². The molecule has 1 aliphatic heterocycles. The molecule has 0 radical (unpaired) electrons. The molecule has 1 aliphatic rings. The Kier molecular flexibility index (Phi) is 4.89. The molecular weight excluding hydrogens is 228 g/mol. The molecule has 96 valence electrons. The highest BCUT2D eigenvalue weighted by atomic mass is 16.5. The van der Waals surface area contributed by atoms with E-state index in [-0.39, 0.29) is 25.1 Å². The van der Waals surface area contributed by atoms with E-state index in [1.165, 1.54) is 6.92 Å². The second-order valence-corrected chi connectivity index (χ2v) is 3.96. The van der Waals surface area contributed by atoms with Gasteiger partial charge in [-0.2, -0.15) is 0 Å². The highest BCUT2D eigenvalue weighted by Gasteiger charge is 2.25. The molecule has 0 aromatic heterocycles. The molecule has 0 bridgehead atoms. The third-order valence-corrected chi connectivity index (χ3v) is 2.40. The number of amides is 1. The molecule has 1 amide bonds. The van der Waals surface area contributed by atoms with E-state index in [0.717, 1.165) is 0 Å². The van der Waals surface area contributed by atoms with E-state index in [1.807, 2.05) is 0 Å². The molecule has 0 saturated carbocycles. The van der Waals surface area contributed by atoms with Crippen LogP contribution >= 0.6 is 0 Å². The summed E-state index contributed by atoms with van der Waals surface area (Å²) in [6, 6.07) is -0.0718. The first-order valence-corrected chi connectivity index (χ1v) is 5.34. The SMILES string of the molecule is CC(=O)OCC(=O)N[C@H]1CCN(CC(=O)O)C1. The number of nitrogens with one attached hydrogen (secondary N) is 1. The number of carboxylic acids is 1. The fraction of sp³-hybridized carbons (Fsp3) is 0.700. The first kappa shape index (κ1) is 13.4. The third kappa shape index (κ3) is 5.30.